The quantitative estimate of drug-likeness (QED) is 0.478. The van der Waals surface area contributed by atoms with E-state index in [0.29, 0.717) is 34.1 Å². The number of halogens is 1. The van der Waals surface area contributed by atoms with Gasteiger partial charge in [-0.15, -0.1) is 0 Å². The Labute approximate surface area is 166 Å². The summed E-state index contributed by atoms with van der Waals surface area (Å²) < 4.78 is 6.02. The molecular formula is C19H22ClN5O3. The van der Waals surface area contributed by atoms with Crippen LogP contribution in [-0.4, -0.2) is 37.8 Å². The van der Waals surface area contributed by atoms with Gasteiger partial charge in [0.25, 0.3) is 0 Å². The number of hydrogen-bond donors (Lipinski definition) is 4. The molecule has 4 rings (SSSR count). The summed E-state index contributed by atoms with van der Waals surface area (Å²) in [7, 11) is 0. The normalized spacial score (nSPS) is 19.4. The van der Waals surface area contributed by atoms with E-state index >= 15 is 0 Å². The molecular weight excluding hydrogens is 382 g/mol. The van der Waals surface area contributed by atoms with Crippen molar-refractivity contribution in [3.8, 4) is 11.3 Å². The molecule has 0 radical (unpaired) electrons. The van der Waals surface area contributed by atoms with Crippen molar-refractivity contribution in [3.63, 3.8) is 0 Å². The first-order chi connectivity index (χ1) is 13.5. The lowest BCUT2D eigenvalue weighted by atomic mass is 10.1. The summed E-state index contributed by atoms with van der Waals surface area (Å²) in [6, 6.07) is 3.77. The molecule has 8 nitrogen and oxygen atoms in total. The highest BCUT2D eigenvalue weighted by atomic mass is 35.5. The van der Waals surface area contributed by atoms with Crippen molar-refractivity contribution in [3.05, 3.63) is 28.7 Å². The third kappa shape index (κ3) is 3.50. The number of anilines is 2. The van der Waals surface area contributed by atoms with Gasteiger partial charge in [-0.25, -0.2) is 4.98 Å². The molecule has 1 aliphatic carbocycles. The van der Waals surface area contributed by atoms with E-state index in [4.69, 9.17) is 21.8 Å². The molecule has 0 spiro atoms. The highest BCUT2D eigenvalue weighted by Crippen LogP contribution is 2.39. The van der Waals surface area contributed by atoms with Gasteiger partial charge in [-0.05, 0) is 44.2 Å². The molecule has 5 N–H and O–H groups in total. The van der Waals surface area contributed by atoms with Crippen LogP contribution in [0.4, 0.5) is 11.8 Å². The molecule has 0 amide bonds. The fourth-order valence-electron chi connectivity index (χ4n) is 3.81. The van der Waals surface area contributed by atoms with Crippen LogP contribution in [0.1, 0.15) is 30.7 Å². The van der Waals surface area contributed by atoms with Crippen LogP contribution in [0.15, 0.2) is 16.5 Å². The number of nitrogen functional groups attached to an aromatic ring is 1. The van der Waals surface area contributed by atoms with Gasteiger partial charge in [0, 0.05) is 18.0 Å². The number of aliphatic hydroxyl groups excluding tert-OH is 2. The molecule has 9 heteroatoms. The average Bonchev–Trinajstić information content (AvgIpc) is 3.28. The Morgan fingerprint density at radius 2 is 2.07 bits per heavy atom. The van der Waals surface area contributed by atoms with Crippen molar-refractivity contribution in [2.75, 3.05) is 17.7 Å². The van der Waals surface area contributed by atoms with Gasteiger partial charge in [-0.1, -0.05) is 11.6 Å². The Morgan fingerprint density at radius 3 is 2.79 bits per heavy atom. The van der Waals surface area contributed by atoms with E-state index in [1.807, 2.05) is 13.0 Å². The summed E-state index contributed by atoms with van der Waals surface area (Å²) in [5.41, 5.74) is 8.21. The molecule has 0 saturated heterocycles. The Balaban J connectivity index is 1.77. The molecule has 0 bridgehead atoms. The summed E-state index contributed by atoms with van der Waals surface area (Å²) in [4.78, 5) is 12.7. The largest absolute Gasteiger partial charge is 0.454 e. The van der Waals surface area contributed by atoms with Gasteiger partial charge in [-0.3, -0.25) is 4.98 Å². The maximum Gasteiger partial charge on any atom is 0.223 e. The van der Waals surface area contributed by atoms with Gasteiger partial charge in [-0.2, -0.15) is 4.98 Å². The highest BCUT2D eigenvalue weighted by molar-refractivity contribution is 6.32. The standard InChI is InChI=1S/C19H22ClN5O3/c1-9-16-11(5-13(8-27)22-9)6-14(28-16)15-17(20)24-19(21)25-18(15)23-12-3-2-10(4-12)7-26/h5-6,10,12,26-27H,2-4,7-8H2,1H3,(H3,21,23,24,25)/t10-,12+/m1/s1. The highest BCUT2D eigenvalue weighted by Gasteiger charge is 2.27. The Hall–Kier alpha value is -2.42. The number of pyridine rings is 1. The molecule has 2 atom stereocenters. The number of furan rings is 1. The molecule has 3 aromatic rings. The van der Waals surface area contributed by atoms with Crippen LogP contribution >= 0.6 is 11.6 Å². The van der Waals surface area contributed by atoms with E-state index in [-0.39, 0.29) is 36.3 Å². The summed E-state index contributed by atoms with van der Waals surface area (Å²) in [5, 5.41) is 23.2. The lowest BCUT2D eigenvalue weighted by Crippen LogP contribution is -2.18. The SMILES string of the molecule is Cc1nc(CO)cc2cc(-c3c(Cl)nc(N)nc3N[C@H]3CC[C@@H](CO)C3)oc12. The lowest BCUT2D eigenvalue weighted by molar-refractivity contribution is 0.229. The van der Waals surface area contributed by atoms with Crippen LogP contribution in [0.25, 0.3) is 22.3 Å². The molecule has 0 unspecified atom stereocenters. The molecule has 1 fully saturated rings. The topological polar surface area (TPSA) is 130 Å². The van der Waals surface area contributed by atoms with Gasteiger partial charge in [0.1, 0.15) is 16.7 Å². The first kappa shape index (κ1) is 18.9. The van der Waals surface area contributed by atoms with Crippen LogP contribution in [0.5, 0.6) is 0 Å². The first-order valence-corrected chi connectivity index (χ1v) is 9.58. The van der Waals surface area contributed by atoms with Crippen LogP contribution in [-0.2, 0) is 6.61 Å². The number of nitrogens with one attached hydrogen (secondary N) is 1. The predicted molar refractivity (Wildman–Crippen MR) is 107 cm³/mol. The second-order valence-corrected chi connectivity index (χ2v) is 7.54. The number of fused-ring (bicyclic) bond motifs is 1. The van der Waals surface area contributed by atoms with Gasteiger partial charge >= 0.3 is 0 Å². The summed E-state index contributed by atoms with van der Waals surface area (Å²) in [5.74, 6) is 1.37. The monoisotopic (exact) mass is 403 g/mol. The Bertz CT molecular complexity index is 1020. The zero-order valence-corrected chi connectivity index (χ0v) is 16.2. The van der Waals surface area contributed by atoms with Crippen LogP contribution < -0.4 is 11.1 Å². The fraction of sp³-hybridized carbons (Fsp3) is 0.421. The molecule has 1 aliphatic rings. The Kier molecular flexibility index (Phi) is 5.09. The van der Waals surface area contributed by atoms with Crippen molar-refractivity contribution >= 4 is 34.3 Å². The molecule has 0 aromatic carbocycles. The van der Waals surface area contributed by atoms with Crippen molar-refractivity contribution in [2.24, 2.45) is 5.92 Å². The van der Waals surface area contributed by atoms with E-state index in [0.717, 1.165) is 24.6 Å². The van der Waals surface area contributed by atoms with Crippen molar-refractivity contribution < 1.29 is 14.6 Å². The molecule has 28 heavy (non-hydrogen) atoms. The molecule has 1 saturated carbocycles. The smallest absolute Gasteiger partial charge is 0.223 e. The minimum Gasteiger partial charge on any atom is -0.454 e. The van der Waals surface area contributed by atoms with E-state index in [1.165, 1.54) is 0 Å². The number of rotatable bonds is 5. The van der Waals surface area contributed by atoms with Gasteiger partial charge < -0.3 is 25.7 Å². The number of nitrogens with two attached hydrogens (primary N) is 1. The predicted octanol–water partition coefficient (Wildman–Crippen LogP) is 2.89. The number of aromatic nitrogens is 3. The van der Waals surface area contributed by atoms with E-state index in [1.54, 1.807) is 6.07 Å². The summed E-state index contributed by atoms with van der Waals surface area (Å²) in [6.45, 7) is 1.85. The van der Waals surface area contributed by atoms with Crippen molar-refractivity contribution in [2.45, 2.75) is 38.8 Å². The maximum absolute atomic E-state index is 9.39. The maximum atomic E-state index is 9.39. The first-order valence-electron chi connectivity index (χ1n) is 9.20. The summed E-state index contributed by atoms with van der Waals surface area (Å²) in [6.07, 6.45) is 2.73. The number of nitrogens with zero attached hydrogens (tertiary/aromatic N) is 3. The van der Waals surface area contributed by atoms with Crippen LogP contribution in [0, 0.1) is 12.8 Å². The average molecular weight is 404 g/mol. The molecule has 3 heterocycles. The van der Waals surface area contributed by atoms with Gasteiger partial charge in [0.15, 0.2) is 5.58 Å². The number of aryl methyl sites for hydroxylation is 1. The zero-order valence-electron chi connectivity index (χ0n) is 15.4. The Morgan fingerprint density at radius 1 is 1.25 bits per heavy atom. The van der Waals surface area contributed by atoms with E-state index < -0.39 is 0 Å². The third-order valence-corrected chi connectivity index (χ3v) is 5.43. The third-order valence-electron chi connectivity index (χ3n) is 5.15. The number of aliphatic hydroxyl groups is 2. The minimum absolute atomic E-state index is 0.0736. The molecule has 0 aliphatic heterocycles. The fourth-order valence-corrected chi connectivity index (χ4v) is 4.08. The zero-order chi connectivity index (χ0) is 19.8. The second-order valence-electron chi connectivity index (χ2n) is 7.19. The van der Waals surface area contributed by atoms with Gasteiger partial charge in [0.05, 0.1) is 23.6 Å². The van der Waals surface area contributed by atoms with Crippen LogP contribution in [0.3, 0.4) is 0 Å². The lowest BCUT2D eigenvalue weighted by Gasteiger charge is -2.16. The second kappa shape index (κ2) is 7.54. The van der Waals surface area contributed by atoms with Crippen molar-refractivity contribution in [1.29, 1.82) is 0 Å². The van der Waals surface area contributed by atoms with Gasteiger partial charge in [0.2, 0.25) is 5.95 Å². The molecule has 3 aromatic heterocycles. The molecule has 148 valence electrons. The van der Waals surface area contributed by atoms with Crippen molar-refractivity contribution in [1.82, 2.24) is 15.0 Å². The van der Waals surface area contributed by atoms with E-state index in [9.17, 15) is 10.2 Å². The van der Waals surface area contributed by atoms with E-state index in [2.05, 4.69) is 20.3 Å². The minimum atomic E-state index is -0.149. The summed E-state index contributed by atoms with van der Waals surface area (Å²) >= 11 is 6.41. The number of hydrogen-bond acceptors (Lipinski definition) is 8. The van der Waals surface area contributed by atoms with Crippen LogP contribution in [0.2, 0.25) is 5.15 Å².